The van der Waals surface area contributed by atoms with Crippen molar-refractivity contribution in [2.45, 2.75) is 26.5 Å². The van der Waals surface area contributed by atoms with Gasteiger partial charge in [0.25, 0.3) is 0 Å². The first kappa shape index (κ1) is 14.2. The van der Waals surface area contributed by atoms with Gasteiger partial charge >= 0.3 is 0 Å². The van der Waals surface area contributed by atoms with Crippen LogP contribution < -0.4 is 5.32 Å². The third-order valence-corrected chi connectivity index (χ3v) is 2.95. The highest BCUT2D eigenvalue weighted by Gasteiger charge is 2.08. The van der Waals surface area contributed by atoms with Crippen LogP contribution in [0.15, 0.2) is 12.4 Å². The van der Waals surface area contributed by atoms with Gasteiger partial charge in [-0.25, -0.2) is 4.98 Å². The molecule has 1 rings (SSSR count). The number of aliphatic hydroxyl groups excluding tert-OH is 1. The van der Waals surface area contributed by atoms with Gasteiger partial charge in [0.15, 0.2) is 0 Å². The van der Waals surface area contributed by atoms with Crippen LogP contribution in [0.25, 0.3) is 0 Å². The van der Waals surface area contributed by atoms with E-state index in [0.717, 1.165) is 25.5 Å². The molecule has 1 unspecified atom stereocenters. The number of likely N-dealkylation sites (N-methyl/N-ethyl adjacent to an activating group) is 1. The number of aliphatic hydroxyl groups is 1. The van der Waals surface area contributed by atoms with Crippen molar-refractivity contribution in [2.24, 2.45) is 7.05 Å². The second-order valence-corrected chi connectivity index (χ2v) is 4.22. The minimum atomic E-state index is -0.324. The number of nitrogens with one attached hydrogen (secondary N) is 1. The molecule has 1 aromatic rings. The lowest BCUT2D eigenvalue weighted by molar-refractivity contribution is 0.116. The summed E-state index contributed by atoms with van der Waals surface area (Å²) in [6.07, 6.45) is 3.38. The van der Waals surface area contributed by atoms with Crippen LogP contribution in [0.4, 0.5) is 0 Å². The number of rotatable bonds is 8. The molecule has 17 heavy (non-hydrogen) atoms. The van der Waals surface area contributed by atoms with Gasteiger partial charge in [0.1, 0.15) is 5.82 Å². The Labute approximate surface area is 103 Å². The molecule has 0 aromatic carbocycles. The Morgan fingerprint density at radius 2 is 2.18 bits per heavy atom. The molecule has 0 radical (unpaired) electrons. The fourth-order valence-corrected chi connectivity index (χ4v) is 1.76. The van der Waals surface area contributed by atoms with Gasteiger partial charge in [0, 0.05) is 32.5 Å². The van der Waals surface area contributed by atoms with Crippen molar-refractivity contribution in [2.75, 3.05) is 26.2 Å². The highest BCUT2D eigenvalue weighted by atomic mass is 16.3. The summed E-state index contributed by atoms with van der Waals surface area (Å²) in [6.45, 7) is 8.19. The standard InChI is InChI=1S/C12H24N4O/c1-4-16(5-2)10-11(17)8-13-9-12-14-6-7-15(12)3/h6-7,11,13,17H,4-5,8-10H2,1-3H3. The lowest BCUT2D eigenvalue weighted by Crippen LogP contribution is -2.38. The Morgan fingerprint density at radius 3 is 2.71 bits per heavy atom. The van der Waals surface area contributed by atoms with Crippen LogP contribution in [0.3, 0.4) is 0 Å². The number of hydrogen-bond acceptors (Lipinski definition) is 4. The molecule has 0 saturated carbocycles. The second kappa shape index (κ2) is 7.42. The maximum absolute atomic E-state index is 9.85. The summed E-state index contributed by atoms with van der Waals surface area (Å²) in [5, 5.41) is 13.1. The van der Waals surface area contributed by atoms with Gasteiger partial charge in [-0.05, 0) is 13.1 Å². The Kier molecular flexibility index (Phi) is 6.18. The van der Waals surface area contributed by atoms with Gasteiger partial charge in [-0.15, -0.1) is 0 Å². The first-order chi connectivity index (χ1) is 8.17. The molecule has 98 valence electrons. The molecule has 1 aromatic heterocycles. The number of nitrogens with zero attached hydrogens (tertiary/aromatic N) is 3. The van der Waals surface area contributed by atoms with Crippen molar-refractivity contribution in [1.82, 2.24) is 19.8 Å². The van der Waals surface area contributed by atoms with Crippen LogP contribution >= 0.6 is 0 Å². The largest absolute Gasteiger partial charge is 0.390 e. The summed E-state index contributed by atoms with van der Waals surface area (Å²) in [4.78, 5) is 6.43. The van der Waals surface area contributed by atoms with Gasteiger partial charge in [0.05, 0.1) is 12.6 Å². The van der Waals surface area contributed by atoms with Crippen LogP contribution in [-0.4, -0.2) is 51.8 Å². The first-order valence-corrected chi connectivity index (χ1v) is 6.24. The summed E-state index contributed by atoms with van der Waals surface area (Å²) in [5.41, 5.74) is 0. The molecule has 5 nitrogen and oxygen atoms in total. The lowest BCUT2D eigenvalue weighted by Gasteiger charge is -2.21. The van der Waals surface area contributed by atoms with Crippen LogP contribution in [0.2, 0.25) is 0 Å². The molecule has 0 aliphatic heterocycles. The van der Waals surface area contributed by atoms with E-state index < -0.39 is 0 Å². The Hall–Kier alpha value is -0.910. The SMILES string of the molecule is CCN(CC)CC(O)CNCc1nccn1C. The van der Waals surface area contributed by atoms with Gasteiger partial charge < -0.3 is 19.9 Å². The van der Waals surface area contributed by atoms with Gasteiger partial charge in [-0.1, -0.05) is 13.8 Å². The fourth-order valence-electron chi connectivity index (χ4n) is 1.76. The summed E-state index contributed by atoms with van der Waals surface area (Å²) in [7, 11) is 1.97. The third kappa shape index (κ3) is 4.85. The van der Waals surface area contributed by atoms with E-state index in [1.54, 1.807) is 6.20 Å². The molecule has 0 saturated heterocycles. The molecule has 0 spiro atoms. The molecule has 0 amide bonds. The highest BCUT2D eigenvalue weighted by molar-refractivity contribution is 4.90. The van der Waals surface area contributed by atoms with Crippen LogP contribution in [-0.2, 0) is 13.6 Å². The molecule has 1 atom stereocenters. The van der Waals surface area contributed by atoms with E-state index in [2.05, 4.69) is 29.0 Å². The van der Waals surface area contributed by atoms with E-state index in [1.165, 1.54) is 0 Å². The third-order valence-electron chi connectivity index (χ3n) is 2.95. The topological polar surface area (TPSA) is 53.3 Å². The molecule has 1 heterocycles. The summed E-state index contributed by atoms with van der Waals surface area (Å²) < 4.78 is 1.98. The summed E-state index contributed by atoms with van der Waals surface area (Å²) >= 11 is 0. The lowest BCUT2D eigenvalue weighted by atomic mass is 10.3. The smallest absolute Gasteiger partial charge is 0.122 e. The van der Waals surface area contributed by atoms with Gasteiger partial charge in [-0.2, -0.15) is 0 Å². The Balaban J connectivity index is 2.20. The van der Waals surface area contributed by atoms with Crippen LogP contribution in [0.1, 0.15) is 19.7 Å². The molecular formula is C12H24N4O. The zero-order valence-corrected chi connectivity index (χ0v) is 11.1. The molecule has 0 bridgehead atoms. The van der Waals surface area contributed by atoms with Crippen molar-refractivity contribution in [3.05, 3.63) is 18.2 Å². The second-order valence-electron chi connectivity index (χ2n) is 4.22. The number of imidazole rings is 1. The van der Waals surface area contributed by atoms with E-state index in [1.807, 2.05) is 17.8 Å². The number of aromatic nitrogens is 2. The van der Waals surface area contributed by atoms with Crippen molar-refractivity contribution in [3.8, 4) is 0 Å². The van der Waals surface area contributed by atoms with Crippen molar-refractivity contribution < 1.29 is 5.11 Å². The van der Waals surface area contributed by atoms with Crippen molar-refractivity contribution in [1.29, 1.82) is 0 Å². The minimum absolute atomic E-state index is 0.324. The Bertz CT molecular complexity index is 309. The minimum Gasteiger partial charge on any atom is -0.390 e. The molecule has 0 aliphatic carbocycles. The van der Waals surface area contributed by atoms with E-state index in [-0.39, 0.29) is 6.10 Å². The van der Waals surface area contributed by atoms with E-state index >= 15 is 0 Å². The summed E-state index contributed by atoms with van der Waals surface area (Å²) in [5.74, 6) is 0.986. The summed E-state index contributed by atoms with van der Waals surface area (Å²) in [6, 6.07) is 0. The van der Waals surface area contributed by atoms with Crippen LogP contribution in [0, 0.1) is 0 Å². The molecule has 2 N–H and O–H groups in total. The number of hydrogen-bond donors (Lipinski definition) is 2. The zero-order chi connectivity index (χ0) is 12.7. The predicted octanol–water partition coefficient (Wildman–Crippen LogP) is 0.212. The van der Waals surface area contributed by atoms with Gasteiger partial charge in [0.2, 0.25) is 0 Å². The van der Waals surface area contributed by atoms with E-state index in [4.69, 9.17) is 0 Å². The monoisotopic (exact) mass is 240 g/mol. The zero-order valence-electron chi connectivity index (χ0n) is 11.1. The fraction of sp³-hybridized carbons (Fsp3) is 0.750. The van der Waals surface area contributed by atoms with E-state index in [0.29, 0.717) is 13.1 Å². The van der Waals surface area contributed by atoms with Crippen molar-refractivity contribution in [3.63, 3.8) is 0 Å². The maximum Gasteiger partial charge on any atom is 0.122 e. The average Bonchev–Trinajstić information content (AvgIpc) is 2.72. The molecule has 0 aliphatic rings. The number of aryl methyl sites for hydroxylation is 1. The highest BCUT2D eigenvalue weighted by Crippen LogP contribution is 1.94. The molecule has 0 fully saturated rings. The Morgan fingerprint density at radius 1 is 1.47 bits per heavy atom. The van der Waals surface area contributed by atoms with Crippen LogP contribution in [0.5, 0.6) is 0 Å². The van der Waals surface area contributed by atoms with E-state index in [9.17, 15) is 5.11 Å². The molecule has 5 heteroatoms. The van der Waals surface area contributed by atoms with Gasteiger partial charge in [-0.3, -0.25) is 0 Å². The first-order valence-electron chi connectivity index (χ1n) is 6.24. The van der Waals surface area contributed by atoms with Crippen molar-refractivity contribution >= 4 is 0 Å². The quantitative estimate of drug-likeness (QED) is 0.682. The molecular weight excluding hydrogens is 216 g/mol. The predicted molar refractivity (Wildman–Crippen MR) is 68.7 cm³/mol. The normalized spacial score (nSPS) is 13.2. The maximum atomic E-state index is 9.85. The average molecular weight is 240 g/mol.